The van der Waals surface area contributed by atoms with Crippen molar-refractivity contribution in [2.24, 2.45) is 11.0 Å². The molecule has 0 aromatic heterocycles. The zero-order valence-corrected chi connectivity index (χ0v) is 16.9. The zero-order valence-electron chi connectivity index (χ0n) is 16.9. The van der Waals surface area contributed by atoms with Gasteiger partial charge in [0.15, 0.2) is 0 Å². The molecule has 0 N–H and O–H groups in total. The molecule has 0 saturated heterocycles. The highest BCUT2D eigenvalue weighted by molar-refractivity contribution is 5.84. The smallest absolute Gasteiger partial charge is 0.0380 e. The average molecular weight is 421 g/mol. The fraction of sp³-hybridized carbons (Fsp3) is 0.963. The first kappa shape index (κ1) is 46.6. The first-order valence-electron chi connectivity index (χ1n) is 10.4. The van der Waals surface area contributed by atoms with Crippen LogP contribution in [0.4, 0.5) is 0 Å². The van der Waals surface area contributed by atoms with Crippen molar-refractivity contribution in [3.63, 3.8) is 0 Å². The maximum Gasteiger partial charge on any atom is 0.0380 e. The Kier molecular flexibility index (Phi) is 56.2. The van der Waals surface area contributed by atoms with Crippen LogP contribution in [-0.2, 0) is 0 Å². The van der Waals surface area contributed by atoms with E-state index < -0.39 is 0 Å². The van der Waals surface area contributed by atoms with Gasteiger partial charge in [0.05, 0.1) is 0 Å². The summed E-state index contributed by atoms with van der Waals surface area (Å²) in [5.74, 6) is 0.706. The monoisotopic (exact) mass is 421 g/mol. The van der Waals surface area contributed by atoms with Gasteiger partial charge in [-0.3, -0.25) is 0 Å². The van der Waals surface area contributed by atoms with E-state index in [1.807, 2.05) is 0 Å². The number of hydrazone groups is 1. The largest absolute Gasteiger partial charge is 0.300 e. The molecule has 0 heterocycles. The molecule has 0 aliphatic rings. The summed E-state index contributed by atoms with van der Waals surface area (Å²) in [5, 5.41) is 6.98. The number of unbranched alkanes of at least 4 members (excludes halogenated alkanes) is 8. The van der Waals surface area contributed by atoms with E-state index in [1.165, 1.54) is 89.2 Å². The number of hydrogen-bond donors (Lipinski definition) is 0. The molecule has 0 spiro atoms. The quantitative estimate of drug-likeness (QED) is 0.138. The van der Waals surface area contributed by atoms with E-state index in [0.29, 0.717) is 5.92 Å². The molecule has 2 nitrogen and oxygen atoms in total. The molecule has 0 unspecified atom stereocenters. The van der Waals surface area contributed by atoms with Crippen molar-refractivity contribution >= 4 is 5.71 Å². The third-order valence-electron chi connectivity index (χ3n) is 4.78. The van der Waals surface area contributed by atoms with Gasteiger partial charge in [0, 0.05) is 19.3 Å². The van der Waals surface area contributed by atoms with Gasteiger partial charge < -0.3 is 5.01 Å². The number of rotatable bonds is 16. The summed E-state index contributed by atoms with van der Waals surface area (Å²) >= 11 is 0. The van der Waals surface area contributed by atoms with E-state index in [4.69, 9.17) is 5.10 Å². The lowest BCUT2D eigenvalue weighted by molar-refractivity contribution is 0.348. The maximum atomic E-state index is 4.85. The molecule has 186 valence electrons. The van der Waals surface area contributed by atoms with Crippen LogP contribution in [-0.4, -0.2) is 24.3 Å². The first-order chi connectivity index (χ1) is 11.2. The van der Waals surface area contributed by atoms with Gasteiger partial charge >= 0.3 is 0 Å². The minimum Gasteiger partial charge on any atom is -0.300 e. The Morgan fingerprint density at radius 3 is 1.34 bits per heavy atom. The normalized spacial score (nSPS) is 9.66. The first-order valence-corrected chi connectivity index (χ1v) is 10.4. The molecule has 0 aliphatic heterocycles. The predicted octanol–water partition coefficient (Wildman–Crippen LogP) is 10.9. The van der Waals surface area contributed by atoms with E-state index >= 15 is 0 Å². The lowest BCUT2D eigenvalue weighted by Gasteiger charge is -2.20. The predicted molar refractivity (Wildman–Crippen MR) is 147 cm³/mol. The fourth-order valence-electron chi connectivity index (χ4n) is 3.28. The molecule has 0 amide bonds. The van der Waals surface area contributed by atoms with Gasteiger partial charge in [0.25, 0.3) is 0 Å². The molecule has 2 heteroatoms. The van der Waals surface area contributed by atoms with Gasteiger partial charge in [0.1, 0.15) is 0 Å². The second-order valence-corrected chi connectivity index (χ2v) is 7.23. The van der Waals surface area contributed by atoms with Crippen LogP contribution in [0, 0.1) is 5.92 Å². The highest BCUT2D eigenvalue weighted by Crippen LogP contribution is 2.21. The van der Waals surface area contributed by atoms with Crippen LogP contribution in [0.5, 0.6) is 0 Å². The molecule has 0 saturated carbocycles. The minimum atomic E-state index is 0. The van der Waals surface area contributed by atoms with Crippen LogP contribution < -0.4 is 0 Å². The average Bonchev–Trinajstić information content (AvgIpc) is 2.52. The van der Waals surface area contributed by atoms with E-state index in [0.717, 1.165) is 6.54 Å². The van der Waals surface area contributed by atoms with Gasteiger partial charge in [-0.2, -0.15) is 5.10 Å². The third kappa shape index (κ3) is 29.8. The third-order valence-corrected chi connectivity index (χ3v) is 4.78. The van der Waals surface area contributed by atoms with E-state index in [-0.39, 0.29) is 44.6 Å². The summed E-state index contributed by atoms with van der Waals surface area (Å²) in [5.41, 5.74) is 1.37. The summed E-state index contributed by atoms with van der Waals surface area (Å²) in [6, 6.07) is 0. The molecule has 0 bridgehead atoms. The van der Waals surface area contributed by atoms with Crippen LogP contribution in [0.2, 0.25) is 0 Å². The summed E-state index contributed by atoms with van der Waals surface area (Å²) in [6.45, 7) is 10.1. The van der Waals surface area contributed by atoms with Crippen molar-refractivity contribution < 1.29 is 0 Å². The topological polar surface area (TPSA) is 15.6 Å². The Bertz CT molecular complexity index is 260. The van der Waals surface area contributed by atoms with Crippen LogP contribution in [0.15, 0.2) is 5.10 Å². The van der Waals surface area contributed by atoms with Crippen LogP contribution in [0.3, 0.4) is 0 Å². The lowest BCUT2D eigenvalue weighted by Crippen LogP contribution is -2.19. The van der Waals surface area contributed by atoms with Gasteiger partial charge in [-0.1, -0.05) is 130 Å². The molecular weight excluding hydrogens is 352 g/mol. The van der Waals surface area contributed by atoms with Crippen LogP contribution in [0.1, 0.15) is 156 Å². The van der Waals surface area contributed by atoms with Gasteiger partial charge in [0.2, 0.25) is 0 Å². The van der Waals surface area contributed by atoms with Crippen LogP contribution in [0.25, 0.3) is 0 Å². The van der Waals surface area contributed by atoms with Crippen LogP contribution >= 0.6 is 0 Å². The summed E-state index contributed by atoms with van der Waals surface area (Å²) in [7, 11) is 2.12. The van der Waals surface area contributed by atoms with E-state index in [9.17, 15) is 0 Å². The molecule has 0 atom stereocenters. The van der Waals surface area contributed by atoms with Crippen molar-refractivity contribution in [1.82, 2.24) is 5.01 Å². The SMILES string of the molecule is C.C.C.C.C.C.CCCCCCCC(CCCCCCC)/C(C)=N/N(C)CCC. The molecule has 0 aromatic rings. The summed E-state index contributed by atoms with van der Waals surface area (Å²) in [4.78, 5) is 0. The van der Waals surface area contributed by atoms with Gasteiger partial charge in [-0.25, -0.2) is 0 Å². The molecule has 0 radical (unpaired) electrons. The zero-order chi connectivity index (χ0) is 17.3. The van der Waals surface area contributed by atoms with Crippen molar-refractivity contribution in [3.8, 4) is 0 Å². The number of nitrogens with zero attached hydrogens (tertiary/aromatic N) is 2. The van der Waals surface area contributed by atoms with Gasteiger partial charge in [-0.05, 0) is 32.1 Å². The second-order valence-electron chi connectivity index (χ2n) is 7.23. The maximum absolute atomic E-state index is 4.85. The fourth-order valence-corrected chi connectivity index (χ4v) is 3.28. The molecule has 0 fully saturated rings. The molecule has 0 rings (SSSR count). The Hall–Kier alpha value is -0.530. The van der Waals surface area contributed by atoms with Crippen molar-refractivity contribution in [1.29, 1.82) is 0 Å². The second kappa shape index (κ2) is 34.9. The van der Waals surface area contributed by atoms with E-state index in [2.05, 4.69) is 39.8 Å². The Balaban J connectivity index is -0.000000161. The Labute approximate surface area is 191 Å². The summed E-state index contributed by atoms with van der Waals surface area (Å²) < 4.78 is 0. The van der Waals surface area contributed by atoms with Crippen molar-refractivity contribution in [3.05, 3.63) is 0 Å². The van der Waals surface area contributed by atoms with Gasteiger partial charge in [-0.15, -0.1) is 0 Å². The van der Waals surface area contributed by atoms with Crippen molar-refractivity contribution in [2.75, 3.05) is 13.6 Å². The molecule has 0 aromatic carbocycles. The highest BCUT2D eigenvalue weighted by atomic mass is 15.4. The molecule has 0 aliphatic carbocycles. The van der Waals surface area contributed by atoms with E-state index in [1.54, 1.807) is 0 Å². The number of hydrogen-bond acceptors (Lipinski definition) is 2. The standard InChI is InChI=1S/C21H44N2.6CH4/c1-6-9-11-13-15-17-21(18-16-14-12-10-7-2)20(4)22-23(5)19-8-3;;;;;;/h21H,6-19H2,1-5H3;6*1H4/b22-20+;;;;;;. The van der Waals surface area contributed by atoms with Crippen molar-refractivity contribution in [2.45, 2.75) is 156 Å². The highest BCUT2D eigenvalue weighted by Gasteiger charge is 2.13. The Morgan fingerprint density at radius 2 is 1.00 bits per heavy atom. The molecular formula is C27H68N2. The molecule has 29 heavy (non-hydrogen) atoms. The summed E-state index contributed by atoms with van der Waals surface area (Å²) in [6.07, 6.45) is 17.7. The Morgan fingerprint density at radius 1 is 0.621 bits per heavy atom. The minimum absolute atomic E-state index is 0. The lowest BCUT2D eigenvalue weighted by atomic mass is 9.91.